The smallest absolute Gasteiger partial charge is 0.416 e. The van der Waals surface area contributed by atoms with Gasteiger partial charge in [-0.2, -0.15) is 13.2 Å². The van der Waals surface area contributed by atoms with Crippen LogP contribution in [0.2, 0.25) is 0 Å². The summed E-state index contributed by atoms with van der Waals surface area (Å²) in [7, 11) is 1.90. The Morgan fingerprint density at radius 3 is 2.21 bits per heavy atom. The number of benzene rings is 1. The van der Waals surface area contributed by atoms with Crippen LogP contribution in [0.3, 0.4) is 0 Å². The second-order valence-corrected chi connectivity index (χ2v) is 5.53. The molecule has 2 rings (SSSR count). The lowest BCUT2D eigenvalue weighted by Crippen LogP contribution is -2.61. The van der Waals surface area contributed by atoms with Crippen molar-refractivity contribution >= 4 is 0 Å². The first-order valence-corrected chi connectivity index (χ1v) is 6.26. The molecule has 0 amide bonds. The first kappa shape index (κ1) is 14.2. The Labute approximate surface area is 111 Å². The van der Waals surface area contributed by atoms with Crippen LogP contribution in [-0.2, 0) is 6.18 Å². The van der Waals surface area contributed by atoms with Gasteiger partial charge in [0.15, 0.2) is 0 Å². The molecule has 1 N–H and O–H groups in total. The van der Waals surface area contributed by atoms with Crippen molar-refractivity contribution in [3.8, 4) is 5.75 Å². The van der Waals surface area contributed by atoms with E-state index in [0.29, 0.717) is 11.8 Å². The van der Waals surface area contributed by atoms with Crippen molar-refractivity contribution in [2.45, 2.75) is 38.6 Å². The van der Waals surface area contributed by atoms with Gasteiger partial charge in [0.1, 0.15) is 11.9 Å². The Hall–Kier alpha value is -1.23. The highest BCUT2D eigenvalue weighted by Crippen LogP contribution is 2.43. The standard InChI is InChI=1S/C14H18F3NO/c1-13(2)11(18-3)8-12(13)19-10-6-4-9(5-7-10)14(15,16)17/h4-7,11-12,18H,8H2,1-3H3. The fourth-order valence-corrected chi connectivity index (χ4v) is 2.46. The van der Waals surface area contributed by atoms with Crippen molar-refractivity contribution < 1.29 is 17.9 Å². The van der Waals surface area contributed by atoms with E-state index in [9.17, 15) is 13.2 Å². The molecule has 19 heavy (non-hydrogen) atoms. The number of hydrogen-bond donors (Lipinski definition) is 1. The average molecular weight is 273 g/mol. The summed E-state index contributed by atoms with van der Waals surface area (Å²) in [6.45, 7) is 4.18. The van der Waals surface area contributed by atoms with Crippen LogP contribution in [-0.4, -0.2) is 19.2 Å². The fourth-order valence-electron chi connectivity index (χ4n) is 2.46. The molecule has 1 aromatic rings. The molecule has 0 saturated heterocycles. The molecule has 0 radical (unpaired) electrons. The minimum atomic E-state index is -4.30. The summed E-state index contributed by atoms with van der Waals surface area (Å²) >= 11 is 0. The van der Waals surface area contributed by atoms with Gasteiger partial charge in [-0.1, -0.05) is 13.8 Å². The van der Waals surface area contributed by atoms with Gasteiger partial charge in [0.25, 0.3) is 0 Å². The molecule has 1 aliphatic rings. The molecule has 0 aromatic heterocycles. The van der Waals surface area contributed by atoms with Crippen molar-refractivity contribution in [1.29, 1.82) is 0 Å². The number of rotatable bonds is 3. The summed E-state index contributed by atoms with van der Waals surface area (Å²) in [5, 5.41) is 3.21. The maximum Gasteiger partial charge on any atom is 0.416 e. The van der Waals surface area contributed by atoms with Gasteiger partial charge in [-0.25, -0.2) is 0 Å². The van der Waals surface area contributed by atoms with E-state index < -0.39 is 11.7 Å². The summed E-state index contributed by atoms with van der Waals surface area (Å²) in [6.07, 6.45) is -3.41. The zero-order valence-corrected chi connectivity index (χ0v) is 11.2. The largest absolute Gasteiger partial charge is 0.490 e. The van der Waals surface area contributed by atoms with Crippen LogP contribution in [0.1, 0.15) is 25.8 Å². The van der Waals surface area contributed by atoms with Crippen LogP contribution in [0.5, 0.6) is 5.75 Å². The van der Waals surface area contributed by atoms with Gasteiger partial charge in [-0.15, -0.1) is 0 Å². The molecule has 0 spiro atoms. The van der Waals surface area contributed by atoms with Crippen LogP contribution >= 0.6 is 0 Å². The van der Waals surface area contributed by atoms with Crippen LogP contribution < -0.4 is 10.1 Å². The summed E-state index contributed by atoms with van der Waals surface area (Å²) < 4.78 is 43.0. The summed E-state index contributed by atoms with van der Waals surface area (Å²) in [5.74, 6) is 0.487. The van der Waals surface area contributed by atoms with Gasteiger partial charge >= 0.3 is 6.18 Å². The van der Waals surface area contributed by atoms with Crippen molar-refractivity contribution in [2.24, 2.45) is 5.41 Å². The normalized spacial score (nSPS) is 25.8. The van der Waals surface area contributed by atoms with Gasteiger partial charge in [-0.3, -0.25) is 0 Å². The van der Waals surface area contributed by atoms with Gasteiger partial charge in [-0.05, 0) is 31.3 Å². The summed E-state index contributed by atoms with van der Waals surface area (Å²) in [6, 6.07) is 5.25. The highest BCUT2D eigenvalue weighted by Gasteiger charge is 2.49. The van der Waals surface area contributed by atoms with Crippen molar-refractivity contribution in [2.75, 3.05) is 7.05 Å². The zero-order valence-electron chi connectivity index (χ0n) is 11.2. The molecule has 1 aliphatic carbocycles. The molecule has 5 heteroatoms. The number of nitrogens with one attached hydrogen (secondary N) is 1. The maximum atomic E-state index is 12.4. The van der Waals surface area contributed by atoms with E-state index in [1.54, 1.807) is 0 Å². The average Bonchev–Trinajstić information content (AvgIpc) is 2.33. The van der Waals surface area contributed by atoms with Crippen LogP contribution in [0, 0.1) is 5.41 Å². The number of halogens is 3. The van der Waals surface area contributed by atoms with E-state index in [-0.39, 0.29) is 11.5 Å². The third-order valence-corrected chi connectivity index (χ3v) is 3.99. The maximum absolute atomic E-state index is 12.4. The number of ether oxygens (including phenoxy) is 1. The van der Waals surface area contributed by atoms with Crippen molar-refractivity contribution in [3.63, 3.8) is 0 Å². The highest BCUT2D eigenvalue weighted by molar-refractivity contribution is 5.29. The topological polar surface area (TPSA) is 21.3 Å². The van der Waals surface area contributed by atoms with Crippen LogP contribution in [0.15, 0.2) is 24.3 Å². The lowest BCUT2D eigenvalue weighted by Gasteiger charge is -2.51. The zero-order chi connectivity index (χ0) is 14.3. The predicted molar refractivity (Wildman–Crippen MR) is 67.1 cm³/mol. The quantitative estimate of drug-likeness (QED) is 0.910. The van der Waals surface area contributed by atoms with Gasteiger partial charge in [0.05, 0.1) is 5.56 Å². The third-order valence-electron chi connectivity index (χ3n) is 3.99. The van der Waals surface area contributed by atoms with E-state index in [4.69, 9.17) is 4.74 Å². The monoisotopic (exact) mass is 273 g/mol. The molecule has 2 nitrogen and oxygen atoms in total. The summed E-state index contributed by atoms with van der Waals surface area (Å²) in [5.41, 5.74) is -0.668. The Kier molecular flexibility index (Phi) is 3.51. The summed E-state index contributed by atoms with van der Waals surface area (Å²) in [4.78, 5) is 0. The molecule has 0 heterocycles. The van der Waals surface area contributed by atoms with E-state index in [0.717, 1.165) is 18.6 Å². The van der Waals surface area contributed by atoms with Crippen molar-refractivity contribution in [3.05, 3.63) is 29.8 Å². The molecular weight excluding hydrogens is 255 g/mol. The van der Waals surface area contributed by atoms with Crippen molar-refractivity contribution in [1.82, 2.24) is 5.32 Å². The molecule has 0 aliphatic heterocycles. The second kappa shape index (κ2) is 4.71. The number of hydrogen-bond acceptors (Lipinski definition) is 2. The molecule has 0 bridgehead atoms. The van der Waals surface area contributed by atoms with Gasteiger partial charge in [0, 0.05) is 17.9 Å². The molecule has 2 unspecified atom stereocenters. The highest BCUT2D eigenvalue weighted by atomic mass is 19.4. The van der Waals surface area contributed by atoms with Gasteiger partial charge < -0.3 is 10.1 Å². The van der Waals surface area contributed by atoms with E-state index >= 15 is 0 Å². The molecular formula is C14H18F3NO. The first-order valence-electron chi connectivity index (χ1n) is 6.26. The number of alkyl halides is 3. The Bertz CT molecular complexity index is 439. The van der Waals surface area contributed by atoms with E-state index in [1.807, 2.05) is 7.05 Å². The van der Waals surface area contributed by atoms with Crippen LogP contribution in [0.4, 0.5) is 13.2 Å². The minimum absolute atomic E-state index is 0.0164. The Morgan fingerprint density at radius 1 is 1.21 bits per heavy atom. The Morgan fingerprint density at radius 2 is 1.79 bits per heavy atom. The Balaban J connectivity index is 2.02. The first-order chi connectivity index (χ1) is 8.75. The van der Waals surface area contributed by atoms with E-state index in [1.165, 1.54) is 12.1 Å². The molecule has 1 aromatic carbocycles. The predicted octanol–water partition coefficient (Wildman–Crippen LogP) is 3.47. The molecule has 106 valence electrons. The fraction of sp³-hybridized carbons (Fsp3) is 0.571. The van der Waals surface area contributed by atoms with Gasteiger partial charge in [0.2, 0.25) is 0 Å². The molecule has 1 fully saturated rings. The SMILES string of the molecule is CNC1CC(Oc2ccc(C(F)(F)F)cc2)C1(C)C. The minimum Gasteiger partial charge on any atom is -0.490 e. The lowest BCUT2D eigenvalue weighted by molar-refractivity contribution is -0.137. The molecule has 1 saturated carbocycles. The molecule has 2 atom stereocenters. The van der Waals surface area contributed by atoms with Crippen LogP contribution in [0.25, 0.3) is 0 Å². The van der Waals surface area contributed by atoms with E-state index in [2.05, 4.69) is 19.2 Å². The lowest BCUT2D eigenvalue weighted by atomic mass is 9.64. The third kappa shape index (κ3) is 2.71. The second-order valence-electron chi connectivity index (χ2n) is 5.53.